The van der Waals surface area contributed by atoms with E-state index < -0.39 is 0 Å². The SMILES string of the molecule is CN1CCC(N(C)Cc2ccc(N(C)C)cc2)CC1. The maximum absolute atomic E-state index is 2.51. The van der Waals surface area contributed by atoms with E-state index in [4.69, 9.17) is 0 Å². The number of benzene rings is 1. The van der Waals surface area contributed by atoms with Gasteiger partial charge in [0.1, 0.15) is 0 Å². The minimum Gasteiger partial charge on any atom is -0.378 e. The highest BCUT2D eigenvalue weighted by Gasteiger charge is 2.20. The molecule has 3 nitrogen and oxygen atoms in total. The molecule has 0 N–H and O–H groups in total. The van der Waals surface area contributed by atoms with E-state index in [2.05, 4.69) is 67.2 Å². The monoisotopic (exact) mass is 261 g/mol. The normalized spacial score (nSPS) is 17.9. The molecule has 2 rings (SSSR count). The lowest BCUT2D eigenvalue weighted by atomic mass is 10.0. The van der Waals surface area contributed by atoms with Crippen LogP contribution in [-0.4, -0.2) is 57.1 Å². The van der Waals surface area contributed by atoms with Gasteiger partial charge in [0.15, 0.2) is 0 Å². The molecule has 0 aliphatic carbocycles. The van der Waals surface area contributed by atoms with E-state index in [0.717, 1.165) is 12.6 Å². The predicted octanol–water partition coefficient (Wildman–Crippen LogP) is 2.28. The van der Waals surface area contributed by atoms with Crippen molar-refractivity contribution in [2.75, 3.05) is 46.2 Å². The van der Waals surface area contributed by atoms with Crippen LogP contribution in [0.2, 0.25) is 0 Å². The second-order valence-electron chi connectivity index (χ2n) is 6.01. The molecule has 106 valence electrons. The number of rotatable bonds is 4. The first-order valence-corrected chi connectivity index (χ1v) is 7.21. The van der Waals surface area contributed by atoms with Crippen LogP contribution in [0.25, 0.3) is 0 Å². The minimum atomic E-state index is 0.740. The third kappa shape index (κ3) is 3.95. The van der Waals surface area contributed by atoms with Crippen molar-refractivity contribution in [1.82, 2.24) is 9.80 Å². The van der Waals surface area contributed by atoms with Crippen LogP contribution in [0.15, 0.2) is 24.3 Å². The van der Waals surface area contributed by atoms with Crippen molar-refractivity contribution in [1.29, 1.82) is 0 Å². The summed E-state index contributed by atoms with van der Waals surface area (Å²) in [5.41, 5.74) is 2.68. The highest BCUT2D eigenvalue weighted by Crippen LogP contribution is 2.18. The van der Waals surface area contributed by atoms with Crippen LogP contribution in [0.3, 0.4) is 0 Å². The molecular formula is C16H27N3. The standard InChI is InChI=1S/C16H27N3/c1-17(2)15-7-5-14(6-8-15)13-19(4)16-9-11-18(3)12-10-16/h5-8,16H,9-13H2,1-4H3. The van der Waals surface area contributed by atoms with Gasteiger partial charge < -0.3 is 9.80 Å². The summed E-state index contributed by atoms with van der Waals surface area (Å²) in [4.78, 5) is 7.08. The van der Waals surface area contributed by atoms with Gasteiger partial charge in [0, 0.05) is 32.4 Å². The molecule has 0 atom stereocenters. The highest BCUT2D eigenvalue weighted by atomic mass is 15.2. The molecule has 1 aliphatic rings. The van der Waals surface area contributed by atoms with Gasteiger partial charge in [-0.3, -0.25) is 4.90 Å². The quantitative estimate of drug-likeness (QED) is 0.823. The van der Waals surface area contributed by atoms with Crippen LogP contribution < -0.4 is 4.90 Å². The number of likely N-dealkylation sites (tertiary alicyclic amines) is 1. The summed E-state index contributed by atoms with van der Waals surface area (Å²) >= 11 is 0. The summed E-state index contributed by atoms with van der Waals surface area (Å²) in [7, 11) is 8.64. The van der Waals surface area contributed by atoms with Crippen LogP contribution in [0.1, 0.15) is 18.4 Å². The Morgan fingerprint density at radius 2 is 1.63 bits per heavy atom. The lowest BCUT2D eigenvalue weighted by Gasteiger charge is -2.35. The first kappa shape index (κ1) is 14.4. The molecule has 0 bridgehead atoms. The summed E-state index contributed by atoms with van der Waals surface area (Å²) in [6.07, 6.45) is 2.59. The minimum absolute atomic E-state index is 0.740. The van der Waals surface area contributed by atoms with E-state index >= 15 is 0 Å². The van der Waals surface area contributed by atoms with E-state index in [-0.39, 0.29) is 0 Å². The van der Waals surface area contributed by atoms with Crippen molar-refractivity contribution in [3.63, 3.8) is 0 Å². The number of piperidine rings is 1. The molecule has 1 saturated heterocycles. The fourth-order valence-electron chi connectivity index (χ4n) is 2.75. The maximum Gasteiger partial charge on any atom is 0.0361 e. The fraction of sp³-hybridized carbons (Fsp3) is 0.625. The van der Waals surface area contributed by atoms with Crippen LogP contribution in [0, 0.1) is 0 Å². The Kier molecular flexibility index (Phi) is 4.83. The molecule has 1 aliphatic heterocycles. The summed E-state index contributed by atoms with van der Waals surface area (Å²) in [6.45, 7) is 3.52. The van der Waals surface area contributed by atoms with E-state index in [1.54, 1.807) is 0 Å². The van der Waals surface area contributed by atoms with Crippen molar-refractivity contribution in [3.05, 3.63) is 29.8 Å². The Morgan fingerprint density at radius 1 is 1.05 bits per heavy atom. The van der Waals surface area contributed by atoms with E-state index in [0.29, 0.717) is 0 Å². The number of hydrogen-bond donors (Lipinski definition) is 0. The molecule has 1 aromatic rings. The zero-order chi connectivity index (χ0) is 13.8. The molecule has 19 heavy (non-hydrogen) atoms. The molecular weight excluding hydrogens is 234 g/mol. The van der Waals surface area contributed by atoms with Gasteiger partial charge in [-0.2, -0.15) is 0 Å². The number of nitrogens with zero attached hydrogens (tertiary/aromatic N) is 3. The number of anilines is 1. The molecule has 0 aromatic heterocycles. The van der Waals surface area contributed by atoms with Gasteiger partial charge in [-0.05, 0) is 57.7 Å². The maximum atomic E-state index is 2.51. The number of hydrogen-bond acceptors (Lipinski definition) is 3. The second kappa shape index (κ2) is 6.40. The molecule has 1 fully saturated rings. The Morgan fingerprint density at radius 3 is 2.16 bits per heavy atom. The fourth-order valence-corrected chi connectivity index (χ4v) is 2.75. The Hall–Kier alpha value is -1.06. The van der Waals surface area contributed by atoms with E-state index in [1.165, 1.54) is 37.2 Å². The van der Waals surface area contributed by atoms with Crippen LogP contribution in [0.5, 0.6) is 0 Å². The molecule has 1 heterocycles. The highest BCUT2D eigenvalue weighted by molar-refractivity contribution is 5.45. The first-order chi connectivity index (χ1) is 9.06. The average Bonchev–Trinajstić information content (AvgIpc) is 2.40. The molecule has 0 spiro atoms. The van der Waals surface area contributed by atoms with Crippen LogP contribution in [-0.2, 0) is 6.54 Å². The Balaban J connectivity index is 1.89. The largest absolute Gasteiger partial charge is 0.378 e. The van der Waals surface area contributed by atoms with Gasteiger partial charge in [-0.25, -0.2) is 0 Å². The van der Waals surface area contributed by atoms with Gasteiger partial charge in [0.2, 0.25) is 0 Å². The van der Waals surface area contributed by atoms with E-state index in [1.807, 2.05) is 0 Å². The van der Waals surface area contributed by atoms with Crippen LogP contribution in [0.4, 0.5) is 5.69 Å². The molecule has 0 saturated carbocycles. The zero-order valence-electron chi connectivity index (χ0n) is 12.8. The Bertz CT molecular complexity index is 377. The third-order valence-electron chi connectivity index (χ3n) is 4.20. The summed E-state index contributed by atoms with van der Waals surface area (Å²) in [5.74, 6) is 0. The van der Waals surface area contributed by atoms with Gasteiger partial charge in [-0.1, -0.05) is 12.1 Å². The zero-order valence-corrected chi connectivity index (χ0v) is 12.8. The van der Waals surface area contributed by atoms with Gasteiger partial charge in [0.05, 0.1) is 0 Å². The van der Waals surface area contributed by atoms with Crippen molar-refractivity contribution in [2.45, 2.75) is 25.4 Å². The van der Waals surface area contributed by atoms with Gasteiger partial charge in [0.25, 0.3) is 0 Å². The summed E-state index contributed by atoms with van der Waals surface area (Å²) in [6, 6.07) is 9.65. The topological polar surface area (TPSA) is 9.72 Å². The summed E-state index contributed by atoms with van der Waals surface area (Å²) in [5, 5.41) is 0. The molecule has 1 aromatic carbocycles. The van der Waals surface area contributed by atoms with Crippen LogP contribution >= 0.6 is 0 Å². The predicted molar refractivity (Wildman–Crippen MR) is 82.8 cm³/mol. The summed E-state index contributed by atoms with van der Waals surface area (Å²) < 4.78 is 0. The lowest BCUT2D eigenvalue weighted by molar-refractivity contribution is 0.139. The molecule has 0 unspecified atom stereocenters. The smallest absolute Gasteiger partial charge is 0.0361 e. The molecule has 3 heteroatoms. The van der Waals surface area contributed by atoms with Crippen molar-refractivity contribution >= 4 is 5.69 Å². The average molecular weight is 261 g/mol. The van der Waals surface area contributed by atoms with Crippen molar-refractivity contribution in [2.24, 2.45) is 0 Å². The molecule has 0 radical (unpaired) electrons. The Labute approximate surface area is 117 Å². The third-order valence-corrected chi connectivity index (χ3v) is 4.20. The first-order valence-electron chi connectivity index (χ1n) is 7.21. The second-order valence-corrected chi connectivity index (χ2v) is 6.01. The van der Waals surface area contributed by atoms with E-state index in [9.17, 15) is 0 Å². The lowest BCUT2D eigenvalue weighted by Crippen LogP contribution is -2.41. The van der Waals surface area contributed by atoms with Gasteiger partial charge in [-0.15, -0.1) is 0 Å². The van der Waals surface area contributed by atoms with Crippen molar-refractivity contribution in [3.8, 4) is 0 Å². The molecule has 0 amide bonds. The van der Waals surface area contributed by atoms with Crippen molar-refractivity contribution < 1.29 is 0 Å². The van der Waals surface area contributed by atoms with Gasteiger partial charge >= 0.3 is 0 Å².